The predicted molar refractivity (Wildman–Crippen MR) is 16.1 cm³/mol. The molecule has 0 aliphatic carbocycles. The maximum Gasteiger partial charge on any atom is 2.00 e. The van der Waals surface area contributed by atoms with Crippen LogP contribution in [0.3, 0.4) is 0 Å². The summed E-state index contributed by atoms with van der Waals surface area (Å²) in [5.41, 5.74) is 0. The van der Waals surface area contributed by atoms with Crippen LogP contribution in [0.2, 0.25) is 0 Å². The third-order valence-electron chi connectivity index (χ3n) is 0. The van der Waals surface area contributed by atoms with Crippen LogP contribution in [0.5, 0.6) is 0 Å². The van der Waals surface area contributed by atoms with Crippen LogP contribution in [0.15, 0.2) is 0 Å². The van der Waals surface area contributed by atoms with Crippen LogP contribution in [0.1, 0.15) is 0 Å². The van der Waals surface area contributed by atoms with E-state index in [2.05, 4.69) is 0 Å². The zero-order valence-electron chi connectivity index (χ0n) is 3.76. The third kappa shape index (κ3) is 73.2. The number of halogens is 1. The van der Waals surface area contributed by atoms with E-state index in [1.807, 2.05) is 0 Å². The molecule has 0 atom stereocenters. The maximum absolute atomic E-state index is 8.25. The molecule has 7 heavy (non-hydrogen) atoms. The molecule has 0 aromatic rings. The molecule has 0 saturated carbocycles. The van der Waals surface area contributed by atoms with Gasteiger partial charge in [0.15, 0.2) is 0 Å². The number of hydrogen-bond acceptors (Lipinski definition) is 3. The van der Waals surface area contributed by atoms with Crippen molar-refractivity contribution in [2.75, 3.05) is 0 Å². The minimum absolute atomic E-state index is 0. The predicted octanol–water partition coefficient (Wildman–Crippen LogP) is -6.61. The maximum atomic E-state index is 8.25. The van der Waals surface area contributed by atoms with Gasteiger partial charge in [-0.1, -0.05) is 0 Å². The van der Waals surface area contributed by atoms with Gasteiger partial charge in [-0.2, -0.15) is 0 Å². The van der Waals surface area contributed by atoms with Crippen molar-refractivity contribution in [1.29, 1.82) is 0 Å². The molecule has 4 nitrogen and oxygen atoms in total. The topological polar surface area (TPSA) is 66.2 Å². The van der Waals surface area contributed by atoms with Gasteiger partial charge in [-0.3, -0.25) is 0 Å². The van der Waals surface area contributed by atoms with Crippen molar-refractivity contribution in [3.05, 3.63) is 15.3 Å². The second-order valence-electron chi connectivity index (χ2n) is 0.224. The Kier molecular flexibility index (Phi) is 51.7. The van der Waals surface area contributed by atoms with E-state index in [0.717, 1.165) is 0 Å². The molecular formula is ClNNaO3Sr+. The molecule has 0 aromatic carbocycles. The Bertz CT molecular complexity index is 37.9. The van der Waals surface area contributed by atoms with E-state index in [0.29, 0.717) is 0 Å². The Morgan fingerprint density at radius 1 is 1.29 bits per heavy atom. The zero-order valence-corrected chi connectivity index (χ0v) is 9.99. The molecule has 7 heteroatoms. The number of nitrogens with zero attached hydrogens (tertiary/aromatic N) is 1. The van der Waals surface area contributed by atoms with Gasteiger partial charge in [0.05, 0.1) is 5.09 Å². The molecule has 0 spiro atoms. The van der Waals surface area contributed by atoms with Crippen molar-refractivity contribution < 1.29 is 47.1 Å². The van der Waals surface area contributed by atoms with Crippen LogP contribution in [0, 0.1) is 15.3 Å². The van der Waals surface area contributed by atoms with Crippen LogP contribution in [-0.4, -0.2) is 50.6 Å². The van der Waals surface area contributed by atoms with E-state index < -0.39 is 5.09 Å². The summed E-state index contributed by atoms with van der Waals surface area (Å²) >= 11 is 0. The zero-order chi connectivity index (χ0) is 3.58. The van der Waals surface area contributed by atoms with Crippen LogP contribution in [0.4, 0.5) is 0 Å². The van der Waals surface area contributed by atoms with Gasteiger partial charge in [-0.25, -0.2) is 0 Å². The third-order valence-corrected chi connectivity index (χ3v) is 0. The van der Waals surface area contributed by atoms with Gasteiger partial charge in [0, 0.05) is 0 Å². The number of hydrogen-bond donors (Lipinski definition) is 0. The van der Waals surface area contributed by atoms with Gasteiger partial charge in [-0.05, 0) is 0 Å². The average Bonchev–Trinajstić information content (AvgIpc) is 0.811. The van der Waals surface area contributed by atoms with Crippen molar-refractivity contribution in [3.63, 3.8) is 0 Å². The fourth-order valence-electron chi connectivity index (χ4n) is 0. The summed E-state index contributed by atoms with van der Waals surface area (Å²) in [4.78, 5) is 8.25. The molecule has 0 aliphatic heterocycles. The molecule has 0 rings (SSSR count). The van der Waals surface area contributed by atoms with Crippen LogP contribution < -0.4 is 42.0 Å². The smallest absolute Gasteiger partial charge is 1.00 e. The Balaban J connectivity index is -0.0000000150. The first-order valence-corrected chi connectivity index (χ1v) is 0.548. The van der Waals surface area contributed by atoms with E-state index >= 15 is 0 Å². The second kappa shape index (κ2) is 15.7. The van der Waals surface area contributed by atoms with Gasteiger partial charge >= 0.3 is 75.0 Å². The molecule has 0 unspecified atom stereocenters. The standard InChI is InChI=1S/ClH.NO3.Na.Sr/c;2-1(3)4;;/h1H;;;/q;-1;+1;+2/p-1. The molecule has 0 saturated heterocycles. The van der Waals surface area contributed by atoms with Crippen LogP contribution >= 0.6 is 0 Å². The quantitative estimate of drug-likeness (QED) is 0.226. The summed E-state index contributed by atoms with van der Waals surface area (Å²) in [5, 5.41) is 14.8. The fraction of sp³-hybridized carbons (Fsp3) is 0. The van der Waals surface area contributed by atoms with Crippen molar-refractivity contribution in [1.82, 2.24) is 0 Å². The van der Waals surface area contributed by atoms with Gasteiger partial charge in [-0.15, -0.1) is 0 Å². The summed E-state index contributed by atoms with van der Waals surface area (Å²) in [6, 6.07) is 0. The monoisotopic (exact) mass is 208 g/mol. The van der Waals surface area contributed by atoms with E-state index in [1.165, 1.54) is 0 Å². The minimum atomic E-state index is -1.75. The van der Waals surface area contributed by atoms with Gasteiger partial charge < -0.3 is 27.7 Å². The molecule has 0 aromatic heterocycles. The average molecular weight is 208 g/mol. The first kappa shape index (κ1) is 23.1. The van der Waals surface area contributed by atoms with Crippen LogP contribution in [0.25, 0.3) is 0 Å². The molecule has 32 valence electrons. The van der Waals surface area contributed by atoms with Crippen molar-refractivity contribution in [3.8, 4) is 0 Å². The minimum Gasteiger partial charge on any atom is -1.00 e. The summed E-state index contributed by atoms with van der Waals surface area (Å²) in [6.07, 6.45) is 0. The molecule has 0 amide bonds. The molecular weight excluding hydrogens is 208 g/mol. The summed E-state index contributed by atoms with van der Waals surface area (Å²) in [7, 11) is 0. The van der Waals surface area contributed by atoms with Gasteiger partial charge in [0.25, 0.3) is 0 Å². The first-order valence-electron chi connectivity index (χ1n) is 0.548. The van der Waals surface area contributed by atoms with Gasteiger partial charge in [0.1, 0.15) is 0 Å². The molecule has 0 bridgehead atoms. The summed E-state index contributed by atoms with van der Waals surface area (Å²) in [5.74, 6) is 0. The molecule has 0 N–H and O–H groups in total. The number of rotatable bonds is 0. The van der Waals surface area contributed by atoms with E-state index in [9.17, 15) is 0 Å². The van der Waals surface area contributed by atoms with E-state index in [4.69, 9.17) is 15.3 Å². The molecule has 0 fully saturated rings. The largest absolute Gasteiger partial charge is 2.00 e. The second-order valence-corrected chi connectivity index (χ2v) is 0.224. The Hall–Kier alpha value is 1.97. The van der Waals surface area contributed by atoms with Gasteiger partial charge in [0.2, 0.25) is 0 Å². The normalized spacial score (nSPS) is 3.43. The van der Waals surface area contributed by atoms with E-state index in [-0.39, 0.29) is 87.4 Å². The Morgan fingerprint density at radius 2 is 1.29 bits per heavy atom. The first-order chi connectivity index (χ1) is 1.73. The van der Waals surface area contributed by atoms with Crippen LogP contribution in [-0.2, 0) is 0 Å². The van der Waals surface area contributed by atoms with E-state index in [1.54, 1.807) is 0 Å². The molecule has 0 radical (unpaired) electrons. The van der Waals surface area contributed by atoms with Crippen molar-refractivity contribution in [2.24, 2.45) is 0 Å². The Labute approximate surface area is 106 Å². The summed E-state index contributed by atoms with van der Waals surface area (Å²) < 4.78 is 0. The van der Waals surface area contributed by atoms with Crippen molar-refractivity contribution in [2.45, 2.75) is 0 Å². The fourth-order valence-corrected chi connectivity index (χ4v) is 0. The SMILES string of the molecule is O=[N+]([O-])[O-].[Cl-].[Na+].[Sr+2]. The van der Waals surface area contributed by atoms with Crippen molar-refractivity contribution >= 4 is 45.5 Å². The molecule has 0 aliphatic rings. The molecule has 0 heterocycles. The Morgan fingerprint density at radius 3 is 1.29 bits per heavy atom. The summed E-state index contributed by atoms with van der Waals surface area (Å²) in [6.45, 7) is 0.